The first kappa shape index (κ1) is 22.1. The summed E-state index contributed by atoms with van der Waals surface area (Å²) in [5.41, 5.74) is 4.20. The zero-order valence-corrected chi connectivity index (χ0v) is 18.1. The Morgan fingerprint density at radius 2 is 1.83 bits per heavy atom. The first-order valence-corrected chi connectivity index (χ1v) is 10.8. The Morgan fingerprint density at radius 3 is 2.63 bits per heavy atom. The maximum absolute atomic E-state index is 12.7. The van der Waals surface area contributed by atoms with Crippen LogP contribution in [-0.2, 0) is 22.6 Å². The van der Waals surface area contributed by atoms with E-state index in [1.54, 1.807) is 4.90 Å². The average molecular weight is 412 g/mol. The lowest BCUT2D eigenvalue weighted by molar-refractivity contribution is 0.0453. The number of nitrogens with zero attached hydrogens (tertiary/aromatic N) is 2. The lowest BCUT2D eigenvalue weighted by Gasteiger charge is -2.24. The highest BCUT2D eigenvalue weighted by Crippen LogP contribution is 2.25. The lowest BCUT2D eigenvalue weighted by Crippen LogP contribution is -2.31. The molecule has 0 atom stereocenters. The van der Waals surface area contributed by atoms with Crippen LogP contribution in [0.15, 0.2) is 48.5 Å². The molecule has 30 heavy (non-hydrogen) atoms. The third-order valence-electron chi connectivity index (χ3n) is 5.22. The van der Waals surface area contributed by atoms with Gasteiger partial charge in [-0.3, -0.25) is 0 Å². The first-order chi connectivity index (χ1) is 14.7. The molecular weight excluding hydrogens is 378 g/mol. The number of benzene rings is 2. The van der Waals surface area contributed by atoms with E-state index in [1.807, 2.05) is 44.3 Å². The fraction of sp³-hybridized carbons (Fsp3) is 0.458. The summed E-state index contributed by atoms with van der Waals surface area (Å²) in [6.45, 7) is 7.06. The topological polar surface area (TPSA) is 54.0 Å². The number of amides is 2. The number of rotatable bonds is 10. The molecule has 1 aliphatic heterocycles. The van der Waals surface area contributed by atoms with Gasteiger partial charge in [-0.05, 0) is 49.1 Å². The van der Waals surface area contributed by atoms with E-state index in [1.165, 1.54) is 24.1 Å². The minimum absolute atomic E-state index is 0.124. The number of urea groups is 1. The Bertz CT molecular complexity index is 806. The largest absolute Gasteiger partial charge is 0.379 e. The molecule has 6 heteroatoms. The number of para-hydroxylation sites is 1. The van der Waals surface area contributed by atoms with E-state index in [0.29, 0.717) is 33.0 Å². The summed E-state index contributed by atoms with van der Waals surface area (Å²) < 4.78 is 10.9. The molecule has 0 saturated carbocycles. The van der Waals surface area contributed by atoms with Crippen molar-refractivity contribution in [2.24, 2.45) is 0 Å². The minimum atomic E-state index is -0.124. The van der Waals surface area contributed by atoms with Crippen LogP contribution < -0.4 is 10.2 Å². The number of carbonyl (C=O) groups is 1. The van der Waals surface area contributed by atoms with Crippen molar-refractivity contribution in [3.63, 3.8) is 0 Å². The summed E-state index contributed by atoms with van der Waals surface area (Å²) in [6.07, 6.45) is 2.46. The minimum Gasteiger partial charge on any atom is -0.379 e. The van der Waals surface area contributed by atoms with Crippen LogP contribution in [0.3, 0.4) is 0 Å². The van der Waals surface area contributed by atoms with Gasteiger partial charge in [-0.1, -0.05) is 30.3 Å². The number of nitrogens with one attached hydrogen (secondary N) is 1. The third-order valence-corrected chi connectivity index (χ3v) is 5.22. The van der Waals surface area contributed by atoms with Crippen molar-refractivity contribution in [1.29, 1.82) is 0 Å². The highest BCUT2D eigenvalue weighted by atomic mass is 16.5. The van der Waals surface area contributed by atoms with E-state index in [-0.39, 0.29) is 6.03 Å². The molecule has 0 bridgehead atoms. The number of ether oxygens (including phenoxy) is 2. The van der Waals surface area contributed by atoms with E-state index in [9.17, 15) is 4.79 Å². The SMILES string of the molecule is CCOCCOCc1cccc(NC(=O)N(C)Cc2ccccc2N2CCCC2)c1. The van der Waals surface area contributed by atoms with Gasteiger partial charge in [0.2, 0.25) is 0 Å². The van der Waals surface area contributed by atoms with E-state index < -0.39 is 0 Å². The van der Waals surface area contributed by atoms with Crippen molar-refractivity contribution >= 4 is 17.4 Å². The van der Waals surface area contributed by atoms with Gasteiger partial charge in [0.05, 0.1) is 19.8 Å². The van der Waals surface area contributed by atoms with E-state index in [4.69, 9.17) is 9.47 Å². The molecule has 0 unspecified atom stereocenters. The van der Waals surface area contributed by atoms with Gasteiger partial charge in [0, 0.05) is 44.7 Å². The molecule has 2 aromatic rings. The summed E-state index contributed by atoms with van der Waals surface area (Å²) in [5.74, 6) is 0. The maximum atomic E-state index is 12.7. The van der Waals surface area contributed by atoms with Crippen molar-refractivity contribution in [1.82, 2.24) is 4.90 Å². The Labute approximate surface area is 179 Å². The highest BCUT2D eigenvalue weighted by Gasteiger charge is 2.17. The summed E-state index contributed by atoms with van der Waals surface area (Å²) in [6, 6.07) is 16.0. The molecule has 6 nitrogen and oxygen atoms in total. The lowest BCUT2D eigenvalue weighted by atomic mass is 10.1. The molecule has 2 aromatic carbocycles. The van der Waals surface area contributed by atoms with Crippen LogP contribution in [0, 0.1) is 0 Å². The second-order valence-corrected chi connectivity index (χ2v) is 7.56. The van der Waals surface area contributed by atoms with E-state index >= 15 is 0 Å². The Kier molecular flexibility index (Phi) is 8.53. The first-order valence-electron chi connectivity index (χ1n) is 10.8. The van der Waals surface area contributed by atoms with E-state index in [2.05, 4.69) is 28.4 Å². The Hall–Kier alpha value is -2.57. The molecular formula is C24H33N3O3. The number of anilines is 2. The van der Waals surface area contributed by atoms with Crippen molar-refractivity contribution in [3.05, 3.63) is 59.7 Å². The van der Waals surface area contributed by atoms with Crippen LogP contribution in [0.25, 0.3) is 0 Å². The van der Waals surface area contributed by atoms with Gasteiger partial charge in [0.15, 0.2) is 0 Å². The summed E-state index contributed by atoms with van der Waals surface area (Å²) in [4.78, 5) is 16.9. The van der Waals surface area contributed by atoms with Crippen molar-refractivity contribution in [2.75, 3.05) is 50.2 Å². The van der Waals surface area contributed by atoms with Gasteiger partial charge in [-0.2, -0.15) is 0 Å². The molecule has 0 aliphatic carbocycles. The molecule has 162 valence electrons. The quantitative estimate of drug-likeness (QED) is 0.585. The molecule has 1 fully saturated rings. The van der Waals surface area contributed by atoms with Crippen LogP contribution >= 0.6 is 0 Å². The normalized spacial score (nSPS) is 13.5. The predicted molar refractivity (Wildman–Crippen MR) is 121 cm³/mol. The predicted octanol–water partition coefficient (Wildman–Crippen LogP) is 4.50. The Morgan fingerprint density at radius 1 is 1.07 bits per heavy atom. The molecule has 0 aromatic heterocycles. The van der Waals surface area contributed by atoms with Crippen LogP contribution in [0.1, 0.15) is 30.9 Å². The van der Waals surface area contributed by atoms with Crippen LogP contribution in [0.5, 0.6) is 0 Å². The van der Waals surface area contributed by atoms with E-state index in [0.717, 1.165) is 24.3 Å². The summed E-state index contributed by atoms with van der Waals surface area (Å²) in [7, 11) is 1.83. The number of carbonyl (C=O) groups excluding carboxylic acids is 1. The fourth-order valence-corrected chi connectivity index (χ4v) is 3.65. The zero-order valence-electron chi connectivity index (χ0n) is 18.1. The zero-order chi connectivity index (χ0) is 21.2. The molecule has 1 heterocycles. The Balaban J connectivity index is 1.54. The van der Waals surface area contributed by atoms with Gasteiger partial charge in [-0.25, -0.2) is 4.79 Å². The summed E-state index contributed by atoms with van der Waals surface area (Å²) >= 11 is 0. The van der Waals surface area contributed by atoms with Crippen molar-refractivity contribution < 1.29 is 14.3 Å². The van der Waals surface area contributed by atoms with Crippen LogP contribution in [0.4, 0.5) is 16.2 Å². The molecule has 1 aliphatic rings. The monoisotopic (exact) mass is 411 g/mol. The van der Waals surface area contributed by atoms with Crippen molar-refractivity contribution in [2.45, 2.75) is 32.9 Å². The maximum Gasteiger partial charge on any atom is 0.321 e. The highest BCUT2D eigenvalue weighted by molar-refractivity contribution is 5.89. The molecule has 3 rings (SSSR count). The summed E-state index contributed by atoms with van der Waals surface area (Å²) in [5, 5.41) is 3.00. The molecule has 2 amide bonds. The second-order valence-electron chi connectivity index (χ2n) is 7.56. The number of hydrogen-bond donors (Lipinski definition) is 1. The van der Waals surface area contributed by atoms with Crippen molar-refractivity contribution in [3.8, 4) is 0 Å². The van der Waals surface area contributed by atoms with Gasteiger partial charge in [0.1, 0.15) is 0 Å². The van der Waals surface area contributed by atoms with Crippen LogP contribution in [0.2, 0.25) is 0 Å². The van der Waals surface area contributed by atoms with Gasteiger partial charge in [-0.15, -0.1) is 0 Å². The second kappa shape index (κ2) is 11.6. The van der Waals surface area contributed by atoms with Gasteiger partial charge in [0.25, 0.3) is 0 Å². The van der Waals surface area contributed by atoms with Gasteiger partial charge >= 0.3 is 6.03 Å². The standard InChI is InChI=1S/C24H33N3O3/c1-3-29-15-16-30-19-20-9-8-11-22(17-20)25-24(28)26(2)18-21-10-4-5-12-23(21)27-13-6-7-14-27/h4-5,8-12,17H,3,6-7,13-16,18-19H2,1-2H3,(H,25,28). The average Bonchev–Trinajstić information content (AvgIpc) is 3.29. The molecule has 0 spiro atoms. The smallest absolute Gasteiger partial charge is 0.321 e. The number of hydrogen-bond acceptors (Lipinski definition) is 4. The molecule has 0 radical (unpaired) electrons. The molecule has 1 N–H and O–H groups in total. The van der Waals surface area contributed by atoms with Crippen LogP contribution in [-0.4, -0.2) is 50.9 Å². The van der Waals surface area contributed by atoms with Gasteiger partial charge < -0.3 is 24.6 Å². The fourth-order valence-electron chi connectivity index (χ4n) is 3.65. The third kappa shape index (κ3) is 6.47. The molecule has 1 saturated heterocycles.